The number of halogens is 1. The van der Waals surface area contributed by atoms with E-state index in [0.29, 0.717) is 6.54 Å². The predicted octanol–water partition coefficient (Wildman–Crippen LogP) is 0.390. The van der Waals surface area contributed by atoms with Crippen LogP contribution in [0.1, 0.15) is 6.42 Å². The SMILES string of the molecule is CN1CCC(NS(=O)(=O)c2ccc(N)c(F)c2)C1. The Morgan fingerprint density at radius 2 is 2.22 bits per heavy atom. The van der Waals surface area contributed by atoms with Gasteiger partial charge in [-0.15, -0.1) is 0 Å². The molecule has 1 aromatic rings. The average Bonchev–Trinajstić information content (AvgIpc) is 2.67. The highest BCUT2D eigenvalue weighted by molar-refractivity contribution is 7.89. The standard InChI is InChI=1S/C11H16FN3O2S/c1-15-5-4-8(7-15)14-18(16,17)9-2-3-11(13)10(12)6-9/h2-3,6,8,14H,4-5,7,13H2,1H3. The van der Waals surface area contributed by atoms with E-state index in [2.05, 4.69) is 4.72 Å². The number of nitrogens with zero attached hydrogens (tertiary/aromatic N) is 1. The summed E-state index contributed by atoms with van der Waals surface area (Å²) in [6.45, 7) is 1.51. The maximum absolute atomic E-state index is 13.3. The van der Waals surface area contributed by atoms with Gasteiger partial charge in [-0.1, -0.05) is 0 Å². The molecule has 1 saturated heterocycles. The maximum atomic E-state index is 13.3. The zero-order chi connectivity index (χ0) is 13.3. The Balaban J connectivity index is 2.17. The van der Waals surface area contributed by atoms with Gasteiger partial charge in [0.1, 0.15) is 5.82 Å². The van der Waals surface area contributed by atoms with Gasteiger partial charge in [0, 0.05) is 12.6 Å². The fraction of sp³-hybridized carbons (Fsp3) is 0.455. The molecule has 0 spiro atoms. The van der Waals surface area contributed by atoms with Crippen LogP contribution in [0.5, 0.6) is 0 Å². The second-order valence-corrected chi connectivity index (χ2v) is 6.27. The minimum Gasteiger partial charge on any atom is -0.396 e. The van der Waals surface area contributed by atoms with Crippen molar-refractivity contribution in [2.24, 2.45) is 0 Å². The van der Waals surface area contributed by atoms with Crippen molar-refractivity contribution in [3.63, 3.8) is 0 Å². The summed E-state index contributed by atoms with van der Waals surface area (Å²) in [5.74, 6) is -0.721. The number of nitrogens with two attached hydrogens (primary N) is 1. The third-order valence-corrected chi connectivity index (χ3v) is 4.51. The van der Waals surface area contributed by atoms with E-state index in [9.17, 15) is 12.8 Å². The molecule has 7 heteroatoms. The van der Waals surface area contributed by atoms with Gasteiger partial charge in [-0.3, -0.25) is 0 Å². The Labute approximate surface area is 106 Å². The number of hydrogen-bond acceptors (Lipinski definition) is 4. The van der Waals surface area contributed by atoms with E-state index < -0.39 is 15.8 Å². The molecular formula is C11H16FN3O2S. The van der Waals surface area contributed by atoms with Gasteiger partial charge in [-0.25, -0.2) is 17.5 Å². The Bertz CT molecular complexity index is 547. The van der Waals surface area contributed by atoms with Gasteiger partial charge in [0.25, 0.3) is 0 Å². The van der Waals surface area contributed by atoms with Crippen LogP contribution >= 0.6 is 0 Å². The highest BCUT2D eigenvalue weighted by Gasteiger charge is 2.25. The van der Waals surface area contributed by atoms with Crippen LogP contribution in [0.2, 0.25) is 0 Å². The normalized spacial score (nSPS) is 21.3. The van der Waals surface area contributed by atoms with Crippen molar-refractivity contribution in [3.05, 3.63) is 24.0 Å². The van der Waals surface area contributed by atoms with Crippen molar-refractivity contribution in [2.75, 3.05) is 25.9 Å². The van der Waals surface area contributed by atoms with Crippen LogP contribution in [-0.2, 0) is 10.0 Å². The number of likely N-dealkylation sites (tertiary alicyclic amines) is 1. The fourth-order valence-corrected chi connectivity index (χ4v) is 3.27. The summed E-state index contributed by atoms with van der Waals surface area (Å²) in [5.41, 5.74) is 5.26. The van der Waals surface area contributed by atoms with Crippen molar-refractivity contribution in [1.82, 2.24) is 9.62 Å². The van der Waals surface area contributed by atoms with Gasteiger partial charge in [0.15, 0.2) is 0 Å². The Morgan fingerprint density at radius 3 is 2.78 bits per heavy atom. The number of rotatable bonds is 3. The van der Waals surface area contributed by atoms with E-state index >= 15 is 0 Å². The molecule has 1 unspecified atom stereocenters. The van der Waals surface area contributed by atoms with Gasteiger partial charge in [0.2, 0.25) is 10.0 Å². The number of sulfonamides is 1. The van der Waals surface area contributed by atoms with E-state index in [-0.39, 0.29) is 16.6 Å². The van der Waals surface area contributed by atoms with Crippen LogP contribution in [0.3, 0.4) is 0 Å². The molecule has 0 aliphatic carbocycles. The number of benzene rings is 1. The molecule has 1 atom stereocenters. The van der Waals surface area contributed by atoms with E-state index in [1.165, 1.54) is 12.1 Å². The first-order valence-electron chi connectivity index (χ1n) is 5.64. The van der Waals surface area contributed by atoms with E-state index in [4.69, 9.17) is 5.73 Å². The van der Waals surface area contributed by atoms with Crippen molar-refractivity contribution in [2.45, 2.75) is 17.4 Å². The lowest BCUT2D eigenvalue weighted by atomic mass is 10.3. The lowest BCUT2D eigenvalue weighted by Crippen LogP contribution is -2.36. The van der Waals surface area contributed by atoms with E-state index in [1.54, 1.807) is 0 Å². The number of hydrogen-bond donors (Lipinski definition) is 2. The molecule has 18 heavy (non-hydrogen) atoms. The third kappa shape index (κ3) is 2.80. The van der Waals surface area contributed by atoms with Crippen molar-refractivity contribution >= 4 is 15.7 Å². The molecule has 0 aromatic heterocycles. The molecule has 1 aromatic carbocycles. The van der Waals surface area contributed by atoms with Crippen molar-refractivity contribution in [1.29, 1.82) is 0 Å². The Morgan fingerprint density at radius 1 is 1.50 bits per heavy atom. The summed E-state index contributed by atoms with van der Waals surface area (Å²) in [4.78, 5) is 1.94. The molecule has 0 amide bonds. The minimum atomic E-state index is -3.68. The Hall–Kier alpha value is -1.18. The highest BCUT2D eigenvalue weighted by Crippen LogP contribution is 2.17. The van der Waals surface area contributed by atoms with Crippen LogP contribution in [0.4, 0.5) is 10.1 Å². The molecule has 2 rings (SSSR count). The summed E-state index contributed by atoms with van der Waals surface area (Å²) in [6.07, 6.45) is 0.757. The van der Waals surface area contributed by atoms with Gasteiger partial charge in [0.05, 0.1) is 10.6 Å². The van der Waals surface area contributed by atoms with E-state index in [0.717, 1.165) is 19.0 Å². The van der Waals surface area contributed by atoms with E-state index in [1.807, 2.05) is 11.9 Å². The average molecular weight is 273 g/mol. The zero-order valence-electron chi connectivity index (χ0n) is 10.1. The van der Waals surface area contributed by atoms with Crippen molar-refractivity contribution < 1.29 is 12.8 Å². The van der Waals surface area contributed by atoms with Crippen LogP contribution in [0, 0.1) is 5.82 Å². The summed E-state index contributed by atoms with van der Waals surface area (Å²) >= 11 is 0. The monoisotopic (exact) mass is 273 g/mol. The molecule has 3 N–H and O–H groups in total. The molecule has 5 nitrogen and oxygen atoms in total. The largest absolute Gasteiger partial charge is 0.396 e. The van der Waals surface area contributed by atoms with Crippen molar-refractivity contribution in [3.8, 4) is 0 Å². The lowest BCUT2D eigenvalue weighted by molar-refractivity contribution is 0.407. The zero-order valence-corrected chi connectivity index (χ0v) is 10.9. The minimum absolute atomic E-state index is 0.0606. The first-order valence-corrected chi connectivity index (χ1v) is 7.13. The van der Waals surface area contributed by atoms with Gasteiger partial charge in [-0.2, -0.15) is 0 Å². The van der Waals surface area contributed by atoms with Crippen LogP contribution < -0.4 is 10.5 Å². The number of likely N-dealkylation sites (N-methyl/N-ethyl adjacent to an activating group) is 1. The molecule has 1 aliphatic rings. The van der Waals surface area contributed by atoms with Crippen LogP contribution in [-0.4, -0.2) is 39.5 Å². The molecule has 100 valence electrons. The summed E-state index contributed by atoms with van der Waals surface area (Å²) < 4.78 is 39.9. The highest BCUT2D eigenvalue weighted by atomic mass is 32.2. The second kappa shape index (κ2) is 4.83. The van der Waals surface area contributed by atoms with Crippen LogP contribution in [0.15, 0.2) is 23.1 Å². The third-order valence-electron chi connectivity index (χ3n) is 3.00. The molecular weight excluding hydrogens is 257 g/mol. The van der Waals surface area contributed by atoms with Gasteiger partial charge in [-0.05, 0) is 38.2 Å². The molecule has 1 fully saturated rings. The number of anilines is 1. The first kappa shape index (κ1) is 13.3. The Kier molecular flexibility index (Phi) is 3.56. The maximum Gasteiger partial charge on any atom is 0.240 e. The molecule has 1 heterocycles. The van der Waals surface area contributed by atoms with Gasteiger partial charge >= 0.3 is 0 Å². The second-order valence-electron chi connectivity index (χ2n) is 4.55. The lowest BCUT2D eigenvalue weighted by Gasteiger charge is -2.13. The summed E-state index contributed by atoms with van der Waals surface area (Å²) in [6, 6.07) is 3.38. The molecule has 0 bridgehead atoms. The smallest absolute Gasteiger partial charge is 0.240 e. The number of nitrogen functional groups attached to an aromatic ring is 1. The first-order chi connectivity index (χ1) is 8.38. The fourth-order valence-electron chi connectivity index (χ4n) is 1.99. The predicted molar refractivity (Wildman–Crippen MR) is 67.0 cm³/mol. The summed E-state index contributed by atoms with van der Waals surface area (Å²) in [5, 5.41) is 0. The van der Waals surface area contributed by atoms with Gasteiger partial charge < -0.3 is 10.6 Å². The van der Waals surface area contributed by atoms with Crippen LogP contribution in [0.25, 0.3) is 0 Å². The molecule has 0 radical (unpaired) electrons. The molecule has 0 saturated carbocycles. The topological polar surface area (TPSA) is 75.4 Å². The quantitative estimate of drug-likeness (QED) is 0.781. The molecule has 1 aliphatic heterocycles. The number of nitrogens with one attached hydrogen (secondary N) is 1. The summed E-state index contributed by atoms with van der Waals surface area (Å²) in [7, 11) is -1.75.